The van der Waals surface area contributed by atoms with Crippen LogP contribution >= 0.6 is 11.6 Å². The van der Waals surface area contributed by atoms with Crippen LogP contribution in [-0.4, -0.2) is 28.4 Å². The third-order valence-corrected chi connectivity index (χ3v) is 2.98. The van der Waals surface area contributed by atoms with Gasteiger partial charge in [-0.05, 0) is 37.3 Å². The summed E-state index contributed by atoms with van der Waals surface area (Å²) in [5, 5.41) is 2.12. The first kappa shape index (κ1) is 8.81. The van der Waals surface area contributed by atoms with E-state index in [2.05, 4.69) is 5.32 Å². The summed E-state index contributed by atoms with van der Waals surface area (Å²) >= 11 is 5.34. The smallest absolute Gasteiger partial charge is 0.325 e. The monoisotopic (exact) mass is 202 g/mol. The van der Waals surface area contributed by atoms with Crippen molar-refractivity contribution in [3.05, 3.63) is 0 Å². The van der Waals surface area contributed by atoms with E-state index < -0.39 is 5.37 Å². The summed E-state index contributed by atoms with van der Waals surface area (Å²) in [6, 6.07) is -0.0708. The first-order valence-electron chi connectivity index (χ1n) is 4.47. The molecule has 0 aromatic rings. The topological polar surface area (TPSA) is 49.4 Å². The van der Waals surface area contributed by atoms with E-state index in [1.165, 1.54) is 0 Å². The van der Waals surface area contributed by atoms with Crippen molar-refractivity contribution in [2.24, 2.45) is 0 Å². The van der Waals surface area contributed by atoms with Gasteiger partial charge in [0.15, 0.2) is 0 Å². The molecule has 4 nitrogen and oxygen atoms in total. The third-order valence-electron chi connectivity index (χ3n) is 2.80. The molecule has 3 aliphatic rings. The molecule has 2 heterocycles. The second-order valence-corrected chi connectivity index (χ2v) is 3.90. The minimum Gasteiger partial charge on any atom is -0.335 e. The summed E-state index contributed by atoms with van der Waals surface area (Å²) in [4.78, 5) is 23.6. The number of carbonyl (C=O) groups is 2. The molecule has 1 saturated carbocycles. The minimum absolute atomic E-state index is 0.0174. The lowest BCUT2D eigenvalue weighted by Crippen LogP contribution is -2.44. The molecule has 2 saturated heterocycles. The van der Waals surface area contributed by atoms with Gasteiger partial charge < -0.3 is 5.32 Å². The van der Waals surface area contributed by atoms with Gasteiger partial charge in [0.1, 0.15) is 0 Å². The molecule has 72 valence electrons. The first-order chi connectivity index (χ1) is 6.18. The number of amides is 3. The van der Waals surface area contributed by atoms with Crippen LogP contribution in [0.25, 0.3) is 0 Å². The number of hydrogen-bond acceptors (Lipinski definition) is 2. The van der Waals surface area contributed by atoms with Gasteiger partial charge in [-0.2, -0.15) is 0 Å². The fourth-order valence-corrected chi connectivity index (χ4v) is 2.33. The predicted octanol–water partition coefficient (Wildman–Crippen LogP) is 1.68. The van der Waals surface area contributed by atoms with E-state index in [9.17, 15) is 9.59 Å². The van der Waals surface area contributed by atoms with Gasteiger partial charge in [0, 0.05) is 12.1 Å². The zero-order valence-electron chi connectivity index (χ0n) is 7.12. The number of imide groups is 1. The highest BCUT2D eigenvalue weighted by Crippen LogP contribution is 2.27. The van der Waals surface area contributed by atoms with Crippen LogP contribution in [0.3, 0.4) is 0 Å². The molecule has 3 fully saturated rings. The average molecular weight is 203 g/mol. The van der Waals surface area contributed by atoms with Gasteiger partial charge in [0.05, 0.1) is 0 Å². The molecule has 0 unspecified atom stereocenters. The van der Waals surface area contributed by atoms with Gasteiger partial charge in [-0.15, -0.1) is 0 Å². The second-order valence-electron chi connectivity index (χ2n) is 3.58. The van der Waals surface area contributed by atoms with E-state index in [4.69, 9.17) is 11.6 Å². The Hall–Kier alpha value is -0.770. The second kappa shape index (κ2) is 3.18. The highest BCUT2D eigenvalue weighted by molar-refractivity contribution is 6.64. The number of nitrogens with zero attached hydrogens (tertiary/aromatic N) is 1. The lowest BCUT2D eigenvalue weighted by molar-refractivity contribution is 0.185. The number of fused-ring (bicyclic) bond motifs is 4. The van der Waals surface area contributed by atoms with E-state index >= 15 is 0 Å². The maximum Gasteiger partial charge on any atom is 0.325 e. The van der Waals surface area contributed by atoms with Crippen molar-refractivity contribution in [1.82, 2.24) is 10.2 Å². The van der Waals surface area contributed by atoms with Crippen molar-refractivity contribution in [3.8, 4) is 0 Å². The Morgan fingerprint density at radius 2 is 2.00 bits per heavy atom. The molecule has 2 aliphatic heterocycles. The summed E-state index contributed by atoms with van der Waals surface area (Å²) in [5.41, 5.74) is 0. The number of hydrogen-bond donors (Lipinski definition) is 1. The van der Waals surface area contributed by atoms with Crippen LogP contribution in [0.1, 0.15) is 25.7 Å². The zero-order chi connectivity index (χ0) is 9.42. The normalized spacial score (nSPS) is 32.7. The van der Waals surface area contributed by atoms with E-state index in [0.29, 0.717) is 0 Å². The summed E-state index contributed by atoms with van der Waals surface area (Å²) in [6.07, 6.45) is 3.66. The Kier molecular flexibility index (Phi) is 2.15. The molecule has 0 spiro atoms. The Bertz CT molecular complexity index is 249. The van der Waals surface area contributed by atoms with Crippen molar-refractivity contribution in [2.45, 2.75) is 37.8 Å². The molecule has 3 rings (SSSR count). The standard InChI is InChI=1S/C8H11ClN2O2/c9-7(12)11-6-3-1-5(2-4-6)10-8(11)13/h5-6H,1-4H2,(H,10,13). The van der Waals surface area contributed by atoms with Crippen LogP contribution in [0.5, 0.6) is 0 Å². The molecule has 0 atom stereocenters. The van der Waals surface area contributed by atoms with E-state index in [1.807, 2.05) is 0 Å². The largest absolute Gasteiger partial charge is 0.335 e. The molecular weight excluding hydrogens is 192 g/mol. The van der Waals surface area contributed by atoms with Crippen LogP contribution in [0.15, 0.2) is 0 Å². The van der Waals surface area contributed by atoms with Crippen molar-refractivity contribution in [2.75, 3.05) is 0 Å². The fraction of sp³-hybridized carbons (Fsp3) is 0.750. The Morgan fingerprint density at radius 1 is 1.38 bits per heavy atom. The maximum absolute atomic E-state index is 11.4. The van der Waals surface area contributed by atoms with Crippen LogP contribution in [0.2, 0.25) is 0 Å². The molecule has 2 bridgehead atoms. The molecule has 0 aromatic carbocycles. The molecule has 0 aromatic heterocycles. The summed E-state index contributed by atoms with van der Waals surface area (Å²) < 4.78 is 0. The Labute approximate surface area is 81.2 Å². The quantitative estimate of drug-likeness (QED) is 0.480. The van der Waals surface area contributed by atoms with Crippen molar-refractivity contribution >= 4 is 23.0 Å². The highest BCUT2D eigenvalue weighted by atomic mass is 35.5. The maximum atomic E-state index is 11.4. The third kappa shape index (κ3) is 1.50. The number of urea groups is 1. The summed E-state index contributed by atoms with van der Waals surface area (Å²) in [6.45, 7) is 0. The summed E-state index contributed by atoms with van der Waals surface area (Å²) in [7, 11) is 0. The minimum atomic E-state index is -0.662. The highest BCUT2D eigenvalue weighted by Gasteiger charge is 2.37. The van der Waals surface area contributed by atoms with E-state index in [1.54, 1.807) is 0 Å². The van der Waals surface area contributed by atoms with Crippen molar-refractivity contribution < 1.29 is 9.59 Å². The lowest BCUT2D eigenvalue weighted by Gasteiger charge is -2.26. The summed E-state index contributed by atoms with van der Waals surface area (Å²) in [5.74, 6) is 0. The number of carbonyl (C=O) groups excluding carboxylic acids is 2. The van der Waals surface area contributed by atoms with Gasteiger partial charge in [-0.25, -0.2) is 9.69 Å². The molecule has 1 aliphatic carbocycles. The van der Waals surface area contributed by atoms with Crippen LogP contribution in [-0.2, 0) is 0 Å². The Morgan fingerprint density at radius 3 is 2.54 bits per heavy atom. The molecule has 5 heteroatoms. The van der Waals surface area contributed by atoms with Crippen LogP contribution in [0.4, 0.5) is 9.59 Å². The SMILES string of the molecule is O=C(Cl)N1C(=O)NC2CCC1CC2. The van der Waals surface area contributed by atoms with Crippen molar-refractivity contribution in [3.63, 3.8) is 0 Å². The zero-order valence-corrected chi connectivity index (χ0v) is 7.88. The van der Waals surface area contributed by atoms with Crippen LogP contribution in [0, 0.1) is 0 Å². The Balaban J connectivity index is 2.24. The lowest BCUT2D eigenvalue weighted by atomic mass is 9.92. The number of nitrogens with one attached hydrogen (secondary N) is 1. The first-order valence-corrected chi connectivity index (χ1v) is 4.85. The van der Waals surface area contributed by atoms with E-state index in [-0.39, 0.29) is 18.1 Å². The fourth-order valence-electron chi connectivity index (χ4n) is 2.11. The van der Waals surface area contributed by atoms with Gasteiger partial charge in [0.2, 0.25) is 0 Å². The molecule has 1 N–H and O–H groups in total. The van der Waals surface area contributed by atoms with Gasteiger partial charge in [0.25, 0.3) is 0 Å². The number of halogens is 1. The van der Waals surface area contributed by atoms with E-state index in [0.717, 1.165) is 30.6 Å². The average Bonchev–Trinajstić information content (AvgIpc) is 2.30. The molecule has 13 heavy (non-hydrogen) atoms. The molecule has 3 amide bonds. The van der Waals surface area contributed by atoms with Crippen LogP contribution < -0.4 is 5.32 Å². The van der Waals surface area contributed by atoms with Gasteiger partial charge >= 0.3 is 11.4 Å². The van der Waals surface area contributed by atoms with Gasteiger partial charge in [-0.1, -0.05) is 0 Å². The van der Waals surface area contributed by atoms with Gasteiger partial charge in [-0.3, -0.25) is 4.79 Å². The molecular formula is C8H11ClN2O2. The van der Waals surface area contributed by atoms with Crippen molar-refractivity contribution in [1.29, 1.82) is 0 Å². The number of rotatable bonds is 0. The molecule has 0 radical (unpaired) electrons. The predicted molar refractivity (Wildman–Crippen MR) is 47.7 cm³/mol.